The molecule has 2 aromatic rings. The summed E-state index contributed by atoms with van der Waals surface area (Å²) in [4.78, 5) is 0. The number of hydrogen-bond donors (Lipinski definition) is 2. The van der Waals surface area contributed by atoms with Crippen LogP contribution in [0.15, 0.2) is 40.8 Å². The number of benzene rings is 1. The fraction of sp³-hybridized carbons (Fsp3) is 0.167. The Morgan fingerprint density at radius 3 is 2.53 bits per heavy atom. The van der Waals surface area contributed by atoms with Gasteiger partial charge in [0.2, 0.25) is 0 Å². The molecular weight excluding hydrogens is 219 g/mol. The average molecular weight is 232 g/mol. The van der Waals surface area contributed by atoms with Gasteiger partial charge >= 0.3 is 7.12 Å². The van der Waals surface area contributed by atoms with E-state index in [1.807, 2.05) is 30.3 Å². The van der Waals surface area contributed by atoms with Gasteiger partial charge in [-0.15, -0.1) is 0 Å². The zero-order chi connectivity index (χ0) is 12.3. The van der Waals surface area contributed by atoms with Crippen LogP contribution in [-0.2, 0) is 6.61 Å². The third-order valence-corrected chi connectivity index (χ3v) is 2.44. The third kappa shape index (κ3) is 2.90. The van der Waals surface area contributed by atoms with Gasteiger partial charge < -0.3 is 19.2 Å². The molecule has 0 unspecified atom stereocenters. The van der Waals surface area contributed by atoms with Crippen LogP contribution < -0.4 is 10.2 Å². The van der Waals surface area contributed by atoms with E-state index >= 15 is 0 Å². The first-order valence-corrected chi connectivity index (χ1v) is 5.30. The minimum atomic E-state index is -1.53. The highest BCUT2D eigenvalue weighted by molar-refractivity contribution is 6.59. The van der Waals surface area contributed by atoms with E-state index in [1.54, 1.807) is 6.92 Å². The predicted molar refractivity (Wildman–Crippen MR) is 64.0 cm³/mol. The topological polar surface area (TPSA) is 62.8 Å². The number of rotatable bonds is 4. The molecule has 5 heteroatoms. The van der Waals surface area contributed by atoms with E-state index < -0.39 is 7.12 Å². The molecule has 0 amide bonds. The first-order valence-electron chi connectivity index (χ1n) is 5.30. The van der Waals surface area contributed by atoms with Crippen LogP contribution in [0, 0.1) is 6.92 Å². The van der Waals surface area contributed by atoms with Crippen LogP contribution in [0.5, 0.6) is 5.95 Å². The van der Waals surface area contributed by atoms with E-state index in [1.165, 1.54) is 6.07 Å². The van der Waals surface area contributed by atoms with Gasteiger partial charge in [0.05, 0.1) is 0 Å². The normalized spacial score (nSPS) is 10.3. The standard InChI is InChI=1S/C12H13BO4/c1-9-11(13(14)15)7-12(17-9)16-8-10-5-3-2-4-6-10/h2-7,14-15H,8H2,1H3. The second-order valence-electron chi connectivity index (χ2n) is 3.72. The molecular formula is C12H13BO4. The van der Waals surface area contributed by atoms with Crippen molar-refractivity contribution in [2.45, 2.75) is 13.5 Å². The lowest BCUT2D eigenvalue weighted by Gasteiger charge is -2.01. The summed E-state index contributed by atoms with van der Waals surface area (Å²) in [5, 5.41) is 18.1. The van der Waals surface area contributed by atoms with E-state index in [0.29, 0.717) is 17.8 Å². The number of hydrogen-bond acceptors (Lipinski definition) is 4. The molecule has 0 bridgehead atoms. The third-order valence-electron chi connectivity index (χ3n) is 2.44. The van der Waals surface area contributed by atoms with Crippen molar-refractivity contribution in [1.82, 2.24) is 0 Å². The second kappa shape index (κ2) is 5.08. The number of aryl methyl sites for hydroxylation is 1. The Hall–Kier alpha value is -1.72. The highest BCUT2D eigenvalue weighted by atomic mass is 16.6. The zero-order valence-electron chi connectivity index (χ0n) is 9.46. The summed E-state index contributed by atoms with van der Waals surface area (Å²) in [6, 6.07) is 11.2. The van der Waals surface area contributed by atoms with Crippen molar-refractivity contribution in [3.8, 4) is 5.95 Å². The molecule has 17 heavy (non-hydrogen) atoms. The molecule has 0 saturated carbocycles. The molecule has 1 aromatic heterocycles. The smallest absolute Gasteiger partial charge is 0.460 e. The summed E-state index contributed by atoms with van der Waals surface area (Å²) in [6.07, 6.45) is 0. The van der Waals surface area contributed by atoms with Gasteiger partial charge in [-0.25, -0.2) is 0 Å². The molecule has 0 aliphatic heterocycles. The van der Waals surface area contributed by atoms with Gasteiger partial charge in [0.15, 0.2) is 0 Å². The van der Waals surface area contributed by atoms with Gasteiger partial charge in [-0.2, -0.15) is 0 Å². The molecule has 0 radical (unpaired) electrons. The molecule has 2 N–H and O–H groups in total. The SMILES string of the molecule is Cc1oc(OCc2ccccc2)cc1B(O)O. The Bertz CT molecular complexity index is 479. The summed E-state index contributed by atoms with van der Waals surface area (Å²) in [7, 11) is -1.53. The maximum Gasteiger partial charge on any atom is 0.492 e. The Morgan fingerprint density at radius 2 is 1.94 bits per heavy atom. The van der Waals surface area contributed by atoms with Crippen LogP contribution in [0.25, 0.3) is 0 Å². The molecule has 0 fully saturated rings. The van der Waals surface area contributed by atoms with Crippen LogP contribution in [-0.4, -0.2) is 17.2 Å². The summed E-state index contributed by atoms with van der Waals surface area (Å²) in [5.74, 6) is 0.734. The van der Waals surface area contributed by atoms with Gasteiger partial charge in [-0.05, 0) is 12.5 Å². The summed E-state index contributed by atoms with van der Waals surface area (Å²) >= 11 is 0. The molecule has 0 aliphatic rings. The Balaban J connectivity index is 2.02. The highest BCUT2D eigenvalue weighted by Crippen LogP contribution is 2.15. The van der Waals surface area contributed by atoms with Crippen molar-refractivity contribution in [3.63, 3.8) is 0 Å². The Kier molecular flexibility index (Phi) is 3.51. The van der Waals surface area contributed by atoms with E-state index in [0.717, 1.165) is 5.56 Å². The Morgan fingerprint density at radius 1 is 1.24 bits per heavy atom. The first kappa shape index (κ1) is 11.8. The van der Waals surface area contributed by atoms with E-state index in [2.05, 4.69) is 0 Å². The summed E-state index contributed by atoms with van der Waals surface area (Å²) in [5.41, 5.74) is 1.35. The molecule has 2 rings (SSSR count). The van der Waals surface area contributed by atoms with Gasteiger partial charge in [0.1, 0.15) is 12.4 Å². The fourth-order valence-electron chi connectivity index (χ4n) is 1.52. The van der Waals surface area contributed by atoms with E-state index in [-0.39, 0.29) is 5.95 Å². The van der Waals surface area contributed by atoms with Crippen molar-refractivity contribution in [3.05, 3.63) is 47.7 Å². The zero-order valence-corrected chi connectivity index (χ0v) is 9.46. The maximum absolute atomic E-state index is 9.04. The lowest BCUT2D eigenvalue weighted by Crippen LogP contribution is -2.30. The average Bonchev–Trinajstić information content (AvgIpc) is 2.69. The van der Waals surface area contributed by atoms with Crippen molar-refractivity contribution in [1.29, 1.82) is 0 Å². The minimum Gasteiger partial charge on any atom is -0.460 e. The van der Waals surface area contributed by atoms with E-state index in [4.69, 9.17) is 19.2 Å². The van der Waals surface area contributed by atoms with Gasteiger partial charge in [-0.3, -0.25) is 0 Å². The Labute approximate surface area is 99.6 Å². The second-order valence-corrected chi connectivity index (χ2v) is 3.72. The molecule has 0 saturated heterocycles. The molecule has 0 atom stereocenters. The molecule has 0 aliphatic carbocycles. The van der Waals surface area contributed by atoms with Crippen LogP contribution in [0.1, 0.15) is 11.3 Å². The van der Waals surface area contributed by atoms with Gasteiger partial charge in [-0.1, -0.05) is 30.3 Å². The molecule has 88 valence electrons. The monoisotopic (exact) mass is 232 g/mol. The minimum absolute atomic E-state index is 0.287. The highest BCUT2D eigenvalue weighted by Gasteiger charge is 2.19. The van der Waals surface area contributed by atoms with Crippen molar-refractivity contribution < 1.29 is 19.2 Å². The van der Waals surface area contributed by atoms with Crippen molar-refractivity contribution >= 4 is 12.6 Å². The lowest BCUT2D eigenvalue weighted by molar-refractivity contribution is 0.229. The van der Waals surface area contributed by atoms with Crippen molar-refractivity contribution in [2.24, 2.45) is 0 Å². The summed E-state index contributed by atoms with van der Waals surface area (Å²) < 4.78 is 10.7. The van der Waals surface area contributed by atoms with Crippen LogP contribution in [0.2, 0.25) is 0 Å². The van der Waals surface area contributed by atoms with Crippen LogP contribution in [0.4, 0.5) is 0 Å². The molecule has 4 nitrogen and oxygen atoms in total. The van der Waals surface area contributed by atoms with E-state index in [9.17, 15) is 0 Å². The number of ether oxygens (including phenoxy) is 1. The first-order chi connectivity index (χ1) is 8.16. The predicted octanol–water partition coefficient (Wildman–Crippen LogP) is 0.847. The molecule has 1 aromatic carbocycles. The summed E-state index contributed by atoms with van der Waals surface area (Å²) in [6.45, 7) is 2.04. The van der Waals surface area contributed by atoms with Gasteiger partial charge in [0.25, 0.3) is 5.95 Å². The lowest BCUT2D eigenvalue weighted by atomic mass is 9.81. The van der Waals surface area contributed by atoms with Crippen molar-refractivity contribution in [2.75, 3.05) is 0 Å². The van der Waals surface area contributed by atoms with Crippen LogP contribution in [0.3, 0.4) is 0 Å². The maximum atomic E-state index is 9.04. The quantitative estimate of drug-likeness (QED) is 0.767. The fourth-order valence-corrected chi connectivity index (χ4v) is 1.52. The molecule has 1 heterocycles. The molecule has 0 spiro atoms. The van der Waals surface area contributed by atoms with Gasteiger partial charge in [0, 0.05) is 11.5 Å². The van der Waals surface area contributed by atoms with Crippen LogP contribution >= 0.6 is 0 Å². The number of furan rings is 1. The largest absolute Gasteiger partial charge is 0.492 e.